The van der Waals surface area contributed by atoms with E-state index in [-0.39, 0.29) is 11.8 Å². The van der Waals surface area contributed by atoms with Crippen molar-refractivity contribution in [1.29, 1.82) is 5.26 Å². The largest absolute Gasteiger partial charge is 0.431 e. The Morgan fingerprint density at radius 1 is 1.47 bits per heavy atom. The molecule has 0 saturated heterocycles. The summed E-state index contributed by atoms with van der Waals surface area (Å²) in [6, 6.07) is 3.36. The van der Waals surface area contributed by atoms with Crippen LogP contribution >= 0.6 is 0 Å². The van der Waals surface area contributed by atoms with E-state index in [1.807, 2.05) is 0 Å². The second-order valence-corrected chi connectivity index (χ2v) is 2.45. The number of benzene rings is 1. The first-order valence-electron chi connectivity index (χ1n) is 3.72. The number of nitrogens with zero attached hydrogens (tertiary/aromatic N) is 1. The van der Waals surface area contributed by atoms with Crippen LogP contribution in [0.3, 0.4) is 0 Å². The van der Waals surface area contributed by atoms with E-state index in [1.54, 1.807) is 6.07 Å². The molecule has 0 radical (unpaired) electrons. The van der Waals surface area contributed by atoms with Crippen LogP contribution < -0.4 is 4.74 Å². The van der Waals surface area contributed by atoms with Gasteiger partial charge in [0.1, 0.15) is 6.07 Å². The normalized spacial score (nSPS) is 9.80. The van der Waals surface area contributed by atoms with E-state index in [2.05, 4.69) is 4.74 Å². The lowest BCUT2D eigenvalue weighted by atomic mass is 10.1. The van der Waals surface area contributed by atoms with Crippen LogP contribution in [-0.2, 0) is 0 Å². The molecule has 0 spiro atoms. The highest BCUT2D eigenvalue weighted by Crippen LogP contribution is 2.26. The van der Waals surface area contributed by atoms with Crippen molar-refractivity contribution in [2.75, 3.05) is 0 Å². The van der Waals surface area contributed by atoms with Gasteiger partial charge in [-0.15, -0.1) is 0 Å². The maximum absolute atomic E-state index is 13.0. The average molecular weight is 215 g/mol. The molecule has 1 aromatic rings. The van der Waals surface area contributed by atoms with Gasteiger partial charge in [0.15, 0.2) is 17.9 Å². The van der Waals surface area contributed by atoms with Crippen LogP contribution in [0.5, 0.6) is 5.75 Å². The van der Waals surface area contributed by atoms with Crippen LogP contribution in [0.15, 0.2) is 12.1 Å². The maximum Gasteiger partial charge on any atom is 0.387 e. The highest BCUT2D eigenvalue weighted by atomic mass is 19.3. The fourth-order valence-corrected chi connectivity index (χ4v) is 0.996. The zero-order chi connectivity index (χ0) is 11.4. The van der Waals surface area contributed by atoms with Crippen molar-refractivity contribution < 1.29 is 22.7 Å². The quantitative estimate of drug-likeness (QED) is 0.725. The van der Waals surface area contributed by atoms with Gasteiger partial charge in [0.2, 0.25) is 0 Å². The third kappa shape index (κ3) is 2.26. The molecule has 0 aliphatic rings. The molecule has 6 heteroatoms. The topological polar surface area (TPSA) is 50.1 Å². The summed E-state index contributed by atoms with van der Waals surface area (Å²) in [5, 5.41) is 8.52. The lowest BCUT2D eigenvalue weighted by molar-refractivity contribution is -0.0524. The molecule has 0 atom stereocenters. The van der Waals surface area contributed by atoms with E-state index >= 15 is 0 Å². The zero-order valence-electron chi connectivity index (χ0n) is 7.21. The minimum absolute atomic E-state index is 0.0966. The second-order valence-electron chi connectivity index (χ2n) is 2.45. The van der Waals surface area contributed by atoms with Gasteiger partial charge in [-0.3, -0.25) is 4.79 Å². The molecule has 1 aromatic carbocycles. The van der Waals surface area contributed by atoms with Crippen molar-refractivity contribution in [3.05, 3.63) is 29.1 Å². The monoisotopic (exact) mass is 215 g/mol. The van der Waals surface area contributed by atoms with Crippen LogP contribution in [0.1, 0.15) is 15.9 Å². The van der Waals surface area contributed by atoms with E-state index in [0.29, 0.717) is 0 Å². The summed E-state index contributed by atoms with van der Waals surface area (Å²) in [5.74, 6) is -2.02. The maximum atomic E-state index is 13.0. The first-order chi connectivity index (χ1) is 7.10. The Morgan fingerprint density at radius 3 is 2.60 bits per heavy atom. The van der Waals surface area contributed by atoms with E-state index in [9.17, 15) is 18.0 Å². The van der Waals surface area contributed by atoms with Crippen molar-refractivity contribution in [3.8, 4) is 11.8 Å². The smallest absolute Gasteiger partial charge is 0.387 e. The van der Waals surface area contributed by atoms with Crippen molar-refractivity contribution in [2.24, 2.45) is 0 Å². The van der Waals surface area contributed by atoms with Gasteiger partial charge in [-0.2, -0.15) is 14.0 Å². The van der Waals surface area contributed by atoms with Crippen LogP contribution in [0.4, 0.5) is 13.2 Å². The standard InChI is InChI=1S/C9H4F3NO2/c10-7-2-1-5(3-13)6(4-14)8(7)15-9(11)12/h1-2,4,9H. The summed E-state index contributed by atoms with van der Waals surface area (Å²) in [4.78, 5) is 10.5. The number of carbonyl (C=O) groups excluding carboxylic acids is 1. The molecular formula is C9H4F3NO2. The van der Waals surface area contributed by atoms with Crippen LogP contribution in [0.25, 0.3) is 0 Å². The molecule has 0 fully saturated rings. The third-order valence-electron chi connectivity index (χ3n) is 1.59. The Bertz CT molecular complexity index is 426. The molecule has 0 aromatic heterocycles. The molecule has 0 amide bonds. The van der Waals surface area contributed by atoms with Gasteiger partial charge in [0, 0.05) is 0 Å². The van der Waals surface area contributed by atoms with Crippen LogP contribution in [0, 0.1) is 17.1 Å². The van der Waals surface area contributed by atoms with Gasteiger partial charge in [-0.05, 0) is 12.1 Å². The Balaban J connectivity index is 3.33. The zero-order valence-corrected chi connectivity index (χ0v) is 7.21. The van der Waals surface area contributed by atoms with E-state index in [1.165, 1.54) is 0 Å². The summed E-state index contributed by atoms with van der Waals surface area (Å²) in [6.07, 6.45) is 0.0966. The van der Waals surface area contributed by atoms with Gasteiger partial charge in [0.05, 0.1) is 11.1 Å². The summed E-state index contributed by atoms with van der Waals surface area (Å²) in [5.41, 5.74) is -0.736. The van der Waals surface area contributed by atoms with Gasteiger partial charge >= 0.3 is 6.61 Å². The molecule has 0 bridgehead atoms. The Labute approximate surface area is 82.7 Å². The van der Waals surface area contributed by atoms with E-state index in [0.717, 1.165) is 12.1 Å². The number of halogens is 3. The van der Waals surface area contributed by atoms with Gasteiger partial charge in [0.25, 0.3) is 0 Å². The highest BCUT2D eigenvalue weighted by molar-refractivity contribution is 5.83. The minimum atomic E-state index is -3.26. The van der Waals surface area contributed by atoms with Gasteiger partial charge in [-0.25, -0.2) is 4.39 Å². The summed E-state index contributed by atoms with van der Waals surface area (Å²) in [6.45, 7) is -3.26. The summed E-state index contributed by atoms with van der Waals surface area (Å²) < 4.78 is 40.5. The Hall–Kier alpha value is -2.03. The number of carbonyl (C=O) groups is 1. The lowest BCUT2D eigenvalue weighted by Crippen LogP contribution is -2.07. The SMILES string of the molecule is N#Cc1ccc(F)c(OC(F)F)c1C=O. The molecule has 15 heavy (non-hydrogen) atoms. The molecule has 0 saturated carbocycles. The van der Waals surface area contributed by atoms with Crippen molar-refractivity contribution in [3.63, 3.8) is 0 Å². The fraction of sp³-hybridized carbons (Fsp3) is 0.111. The Morgan fingerprint density at radius 2 is 2.13 bits per heavy atom. The molecule has 0 N–H and O–H groups in total. The number of hydrogen-bond donors (Lipinski definition) is 0. The van der Waals surface area contributed by atoms with Crippen LogP contribution in [0.2, 0.25) is 0 Å². The minimum Gasteiger partial charge on any atom is -0.431 e. The third-order valence-corrected chi connectivity index (χ3v) is 1.59. The van der Waals surface area contributed by atoms with Crippen molar-refractivity contribution in [1.82, 2.24) is 0 Å². The number of ether oxygens (including phenoxy) is 1. The highest BCUT2D eigenvalue weighted by Gasteiger charge is 2.17. The number of hydrogen-bond acceptors (Lipinski definition) is 3. The number of alkyl halides is 2. The predicted molar refractivity (Wildman–Crippen MR) is 43.1 cm³/mol. The van der Waals surface area contributed by atoms with Gasteiger partial charge < -0.3 is 4.74 Å². The number of nitriles is 1. The van der Waals surface area contributed by atoms with Crippen LogP contribution in [-0.4, -0.2) is 12.9 Å². The molecule has 0 aliphatic heterocycles. The fourth-order valence-electron chi connectivity index (χ4n) is 0.996. The Kier molecular flexibility index (Phi) is 3.29. The predicted octanol–water partition coefficient (Wildman–Crippen LogP) is 2.11. The molecule has 78 valence electrons. The average Bonchev–Trinajstić information content (AvgIpc) is 2.20. The van der Waals surface area contributed by atoms with Crippen molar-refractivity contribution >= 4 is 6.29 Å². The second kappa shape index (κ2) is 4.46. The number of rotatable bonds is 3. The summed E-state index contributed by atoms with van der Waals surface area (Å²) >= 11 is 0. The molecule has 3 nitrogen and oxygen atoms in total. The van der Waals surface area contributed by atoms with E-state index < -0.39 is 23.7 Å². The van der Waals surface area contributed by atoms with E-state index in [4.69, 9.17) is 5.26 Å². The molecule has 0 aliphatic carbocycles. The molecule has 1 rings (SSSR count). The molecular weight excluding hydrogens is 211 g/mol. The van der Waals surface area contributed by atoms with Crippen molar-refractivity contribution in [2.45, 2.75) is 6.61 Å². The first kappa shape index (κ1) is 11.0. The molecule has 0 unspecified atom stereocenters. The molecule has 0 heterocycles. The number of aldehydes is 1. The lowest BCUT2D eigenvalue weighted by Gasteiger charge is -2.08. The van der Waals surface area contributed by atoms with Gasteiger partial charge in [-0.1, -0.05) is 0 Å². The first-order valence-corrected chi connectivity index (χ1v) is 3.72. The summed E-state index contributed by atoms with van der Waals surface area (Å²) in [7, 11) is 0.